The van der Waals surface area contributed by atoms with E-state index in [9.17, 15) is 18.0 Å². The Morgan fingerprint density at radius 1 is 1.16 bits per heavy atom. The number of nitrogens with one attached hydrogen (secondary N) is 1. The molecule has 0 aromatic heterocycles. The lowest BCUT2D eigenvalue weighted by molar-refractivity contribution is -0.134. The van der Waals surface area contributed by atoms with E-state index in [0.717, 1.165) is 11.6 Å². The lowest BCUT2D eigenvalue weighted by Gasteiger charge is -2.21. The van der Waals surface area contributed by atoms with E-state index < -0.39 is 28.5 Å². The molecule has 2 aromatic rings. The van der Waals surface area contributed by atoms with Crippen molar-refractivity contribution >= 4 is 33.5 Å². The van der Waals surface area contributed by atoms with Crippen molar-refractivity contribution in [3.8, 4) is 11.5 Å². The van der Waals surface area contributed by atoms with Gasteiger partial charge in [0.05, 0.1) is 15.5 Å². The molecule has 9 nitrogen and oxygen atoms in total. The number of sulfonamides is 1. The van der Waals surface area contributed by atoms with Gasteiger partial charge in [-0.15, -0.1) is 0 Å². The van der Waals surface area contributed by atoms with Crippen LogP contribution >= 0.6 is 11.6 Å². The van der Waals surface area contributed by atoms with Crippen LogP contribution in [0.4, 0.5) is 0 Å². The lowest BCUT2D eigenvalue weighted by atomic mass is 10.2. The quantitative estimate of drug-likeness (QED) is 0.591. The number of hydrogen-bond donors (Lipinski definition) is 1. The second-order valence-electron chi connectivity index (χ2n) is 6.52. The fourth-order valence-corrected chi connectivity index (χ4v) is 3.83. The Hall–Kier alpha value is -2.82. The van der Waals surface area contributed by atoms with E-state index in [2.05, 4.69) is 4.72 Å². The molecule has 1 amide bonds. The van der Waals surface area contributed by atoms with Gasteiger partial charge < -0.3 is 19.1 Å². The van der Waals surface area contributed by atoms with Crippen molar-refractivity contribution in [3.63, 3.8) is 0 Å². The molecular weight excluding hydrogens is 448 g/mol. The normalized spacial score (nSPS) is 12.5. The molecule has 1 heterocycles. The standard InChI is InChI=1S/C20H21ClN2O7S/c1-3-23(10-13-4-7-17-18(8-13)30-12-29-17)19(24)11-28-20(25)15-9-14(5-6-16(15)21)31(26,27)22-2/h4-9,22H,3,10-12H2,1-2H3. The molecule has 0 spiro atoms. The fraction of sp³-hybridized carbons (Fsp3) is 0.300. The van der Waals surface area contributed by atoms with Crippen molar-refractivity contribution in [2.45, 2.75) is 18.4 Å². The fourth-order valence-electron chi connectivity index (χ4n) is 2.88. The Labute approximate surface area is 184 Å². The van der Waals surface area contributed by atoms with Gasteiger partial charge in [0.1, 0.15) is 0 Å². The zero-order valence-corrected chi connectivity index (χ0v) is 18.5. The average molecular weight is 469 g/mol. The maximum Gasteiger partial charge on any atom is 0.340 e. The molecule has 11 heteroatoms. The lowest BCUT2D eigenvalue weighted by Crippen LogP contribution is -2.34. The Bertz CT molecular complexity index is 1100. The second kappa shape index (κ2) is 9.54. The Morgan fingerprint density at radius 3 is 2.61 bits per heavy atom. The Morgan fingerprint density at radius 2 is 1.90 bits per heavy atom. The molecule has 0 saturated carbocycles. The van der Waals surface area contributed by atoms with Crippen LogP contribution in [0.5, 0.6) is 11.5 Å². The van der Waals surface area contributed by atoms with E-state index in [1.807, 2.05) is 6.07 Å². The number of esters is 1. The number of carbonyl (C=O) groups is 2. The number of carbonyl (C=O) groups excluding carboxylic acids is 2. The van der Waals surface area contributed by atoms with Gasteiger partial charge in [-0.2, -0.15) is 0 Å². The van der Waals surface area contributed by atoms with Crippen molar-refractivity contribution in [3.05, 3.63) is 52.5 Å². The van der Waals surface area contributed by atoms with E-state index in [-0.39, 0.29) is 22.3 Å². The number of ether oxygens (including phenoxy) is 3. The molecule has 0 aliphatic carbocycles. The largest absolute Gasteiger partial charge is 0.454 e. The molecule has 0 fully saturated rings. The zero-order valence-electron chi connectivity index (χ0n) is 16.9. The molecule has 0 atom stereocenters. The van der Waals surface area contributed by atoms with Crippen LogP contribution in [0.3, 0.4) is 0 Å². The summed E-state index contributed by atoms with van der Waals surface area (Å²) >= 11 is 6.01. The number of amides is 1. The van der Waals surface area contributed by atoms with Crippen LogP contribution in [-0.4, -0.2) is 52.2 Å². The minimum absolute atomic E-state index is 0.0141. The SMILES string of the molecule is CCN(Cc1ccc2c(c1)OCO2)C(=O)COC(=O)c1cc(S(=O)(=O)NC)ccc1Cl. The monoisotopic (exact) mass is 468 g/mol. The van der Waals surface area contributed by atoms with Crippen molar-refractivity contribution in [2.24, 2.45) is 0 Å². The molecule has 1 aliphatic heterocycles. The minimum Gasteiger partial charge on any atom is -0.454 e. The molecule has 0 bridgehead atoms. The van der Waals surface area contributed by atoms with Crippen molar-refractivity contribution in [1.82, 2.24) is 9.62 Å². The summed E-state index contributed by atoms with van der Waals surface area (Å²) in [6.45, 7) is 2.12. The van der Waals surface area contributed by atoms with Crippen LogP contribution < -0.4 is 14.2 Å². The smallest absolute Gasteiger partial charge is 0.340 e. The number of hydrogen-bond acceptors (Lipinski definition) is 7. The first kappa shape index (κ1) is 22.9. The maximum atomic E-state index is 12.6. The van der Waals surface area contributed by atoms with E-state index in [4.69, 9.17) is 25.8 Å². The zero-order chi connectivity index (χ0) is 22.6. The molecule has 1 aliphatic rings. The predicted molar refractivity (Wildman–Crippen MR) is 112 cm³/mol. The van der Waals surface area contributed by atoms with E-state index in [1.165, 1.54) is 24.1 Å². The molecule has 31 heavy (non-hydrogen) atoms. The molecule has 0 saturated heterocycles. The van der Waals surface area contributed by atoms with Crippen LogP contribution in [0, 0.1) is 0 Å². The second-order valence-corrected chi connectivity index (χ2v) is 8.81. The molecular formula is C20H21ClN2O7S. The third kappa shape index (κ3) is 5.27. The molecule has 1 N–H and O–H groups in total. The summed E-state index contributed by atoms with van der Waals surface area (Å²) in [4.78, 5) is 26.3. The first-order valence-corrected chi connectivity index (χ1v) is 11.2. The summed E-state index contributed by atoms with van der Waals surface area (Å²) in [6, 6.07) is 9.03. The molecule has 2 aromatic carbocycles. The van der Waals surface area contributed by atoms with E-state index in [0.29, 0.717) is 24.6 Å². The van der Waals surface area contributed by atoms with Crippen molar-refractivity contribution in [1.29, 1.82) is 0 Å². The number of benzene rings is 2. The van der Waals surface area contributed by atoms with Crippen molar-refractivity contribution < 1.29 is 32.2 Å². The van der Waals surface area contributed by atoms with Crippen LogP contribution in [0.15, 0.2) is 41.3 Å². The van der Waals surface area contributed by atoms with Crippen molar-refractivity contribution in [2.75, 3.05) is 27.0 Å². The number of rotatable bonds is 8. The van der Waals surface area contributed by atoms with Gasteiger partial charge in [0.15, 0.2) is 18.1 Å². The van der Waals surface area contributed by atoms with Gasteiger partial charge in [-0.3, -0.25) is 4.79 Å². The van der Waals surface area contributed by atoms with Gasteiger partial charge in [0.2, 0.25) is 16.8 Å². The van der Waals surface area contributed by atoms with Gasteiger partial charge in [-0.1, -0.05) is 17.7 Å². The average Bonchev–Trinajstić information content (AvgIpc) is 3.23. The van der Waals surface area contributed by atoms with Gasteiger partial charge in [0.25, 0.3) is 5.91 Å². The topological polar surface area (TPSA) is 111 Å². The summed E-state index contributed by atoms with van der Waals surface area (Å²) in [5, 5.41) is 0.0141. The Kier molecular flexibility index (Phi) is 7.04. The third-order valence-corrected chi connectivity index (χ3v) is 6.35. The molecule has 0 radical (unpaired) electrons. The van der Waals surface area contributed by atoms with E-state index >= 15 is 0 Å². The minimum atomic E-state index is -3.77. The Balaban J connectivity index is 1.65. The van der Waals surface area contributed by atoms with Crippen LogP contribution in [0.25, 0.3) is 0 Å². The first-order chi connectivity index (χ1) is 14.7. The molecule has 166 valence electrons. The first-order valence-electron chi connectivity index (χ1n) is 9.31. The van der Waals surface area contributed by atoms with Gasteiger partial charge in [-0.25, -0.2) is 17.9 Å². The number of likely N-dealkylation sites (N-methyl/N-ethyl adjacent to an activating group) is 1. The highest BCUT2D eigenvalue weighted by Crippen LogP contribution is 2.32. The number of nitrogens with zero attached hydrogens (tertiary/aromatic N) is 1. The number of halogens is 1. The third-order valence-electron chi connectivity index (χ3n) is 4.61. The van der Waals surface area contributed by atoms with E-state index in [1.54, 1.807) is 19.1 Å². The summed E-state index contributed by atoms with van der Waals surface area (Å²) in [6.07, 6.45) is 0. The van der Waals surface area contributed by atoms with Gasteiger partial charge >= 0.3 is 5.97 Å². The maximum absolute atomic E-state index is 12.6. The highest BCUT2D eigenvalue weighted by atomic mass is 35.5. The molecule has 0 unspecified atom stereocenters. The summed E-state index contributed by atoms with van der Waals surface area (Å²) in [5.74, 6) is -0.0563. The number of fused-ring (bicyclic) bond motifs is 1. The van der Waals surface area contributed by atoms with Gasteiger partial charge in [0, 0.05) is 13.1 Å². The van der Waals surface area contributed by atoms with Crippen LogP contribution in [0.1, 0.15) is 22.8 Å². The molecule has 3 rings (SSSR count). The van der Waals surface area contributed by atoms with Gasteiger partial charge in [-0.05, 0) is 49.9 Å². The summed E-state index contributed by atoms with van der Waals surface area (Å²) in [7, 11) is -2.52. The predicted octanol–water partition coefficient (Wildman–Crippen LogP) is 2.18. The van der Waals surface area contributed by atoms with Crippen LogP contribution in [0.2, 0.25) is 5.02 Å². The summed E-state index contributed by atoms with van der Waals surface area (Å²) < 4.78 is 41.7. The highest BCUT2D eigenvalue weighted by molar-refractivity contribution is 7.89. The summed E-state index contributed by atoms with van der Waals surface area (Å²) in [5.41, 5.74) is 0.684. The van der Waals surface area contributed by atoms with Crippen LogP contribution in [-0.2, 0) is 26.1 Å². The highest BCUT2D eigenvalue weighted by Gasteiger charge is 2.21.